The first-order valence-corrected chi connectivity index (χ1v) is 9.86. The second kappa shape index (κ2) is 8.89. The molecule has 2 aromatic rings. The molecule has 1 aromatic heterocycles. The van der Waals surface area contributed by atoms with Crippen LogP contribution < -0.4 is 10.2 Å². The molecule has 1 N–H and O–H groups in total. The Hall–Kier alpha value is -2.84. The van der Waals surface area contributed by atoms with Crippen molar-refractivity contribution in [2.45, 2.75) is 25.4 Å². The summed E-state index contributed by atoms with van der Waals surface area (Å²) in [6.45, 7) is 7.34. The van der Waals surface area contributed by atoms with E-state index in [9.17, 15) is 13.2 Å². The van der Waals surface area contributed by atoms with Gasteiger partial charge in [-0.1, -0.05) is 32.0 Å². The zero-order chi connectivity index (χ0) is 21.8. The van der Waals surface area contributed by atoms with Gasteiger partial charge in [-0.2, -0.15) is 13.2 Å². The van der Waals surface area contributed by atoms with E-state index in [4.69, 9.17) is 0 Å². The highest BCUT2D eigenvalue weighted by molar-refractivity contribution is 5.80. The maximum Gasteiger partial charge on any atom is 0.416 e. The predicted octanol–water partition coefficient (Wildman–Crippen LogP) is 3.17. The van der Waals surface area contributed by atoms with Gasteiger partial charge >= 0.3 is 6.18 Å². The van der Waals surface area contributed by atoms with Gasteiger partial charge in [0, 0.05) is 57.6 Å². The number of aromatic nitrogens is 2. The first-order chi connectivity index (χ1) is 14.2. The molecule has 0 aliphatic carbocycles. The van der Waals surface area contributed by atoms with E-state index in [2.05, 4.69) is 30.1 Å². The van der Waals surface area contributed by atoms with Crippen molar-refractivity contribution >= 4 is 11.9 Å². The van der Waals surface area contributed by atoms with E-state index in [1.54, 1.807) is 31.6 Å². The summed E-state index contributed by atoms with van der Waals surface area (Å²) >= 11 is 0. The molecule has 1 saturated heterocycles. The maximum absolute atomic E-state index is 13.1. The number of piperazine rings is 1. The molecule has 6 nitrogen and oxygen atoms in total. The minimum absolute atomic E-state index is 0.461. The Bertz CT molecular complexity index is 859. The van der Waals surface area contributed by atoms with Gasteiger partial charge < -0.3 is 15.1 Å². The molecule has 2 heterocycles. The molecule has 9 heteroatoms. The number of hydrogen-bond acceptors (Lipinski definition) is 4. The summed E-state index contributed by atoms with van der Waals surface area (Å²) in [5.41, 5.74) is -0.500. The van der Waals surface area contributed by atoms with E-state index < -0.39 is 17.2 Å². The highest BCUT2D eigenvalue weighted by Crippen LogP contribution is 2.32. The summed E-state index contributed by atoms with van der Waals surface area (Å²) in [5.74, 6) is 1.45. The fourth-order valence-corrected chi connectivity index (χ4v) is 3.42. The van der Waals surface area contributed by atoms with Gasteiger partial charge in [0.05, 0.1) is 5.56 Å². The van der Waals surface area contributed by atoms with E-state index in [-0.39, 0.29) is 0 Å². The molecule has 0 amide bonds. The Morgan fingerprint density at radius 1 is 1.03 bits per heavy atom. The summed E-state index contributed by atoms with van der Waals surface area (Å²) in [5, 5.41) is 3.34. The molecule has 3 rings (SSSR count). The average molecular weight is 420 g/mol. The van der Waals surface area contributed by atoms with Crippen LogP contribution >= 0.6 is 0 Å². The average Bonchev–Trinajstić information content (AvgIpc) is 2.75. The van der Waals surface area contributed by atoms with Crippen molar-refractivity contribution in [2.24, 2.45) is 4.99 Å². The van der Waals surface area contributed by atoms with Gasteiger partial charge in [-0.3, -0.25) is 4.99 Å². The van der Waals surface area contributed by atoms with Crippen LogP contribution in [-0.2, 0) is 11.6 Å². The highest BCUT2D eigenvalue weighted by Gasteiger charge is 2.32. The number of rotatable bonds is 4. The lowest BCUT2D eigenvalue weighted by molar-refractivity contribution is -0.137. The van der Waals surface area contributed by atoms with Crippen molar-refractivity contribution in [3.8, 4) is 0 Å². The Balaban J connectivity index is 1.60. The van der Waals surface area contributed by atoms with E-state index in [1.165, 1.54) is 12.1 Å². The first-order valence-electron chi connectivity index (χ1n) is 9.86. The lowest BCUT2D eigenvalue weighted by Gasteiger charge is -2.37. The Labute approximate surface area is 174 Å². The molecule has 0 spiro atoms. The van der Waals surface area contributed by atoms with Crippen molar-refractivity contribution in [2.75, 3.05) is 44.7 Å². The Kier molecular flexibility index (Phi) is 6.48. The fraction of sp³-hybridized carbons (Fsp3) is 0.476. The zero-order valence-electron chi connectivity index (χ0n) is 17.4. The van der Waals surface area contributed by atoms with Crippen LogP contribution in [0, 0.1) is 0 Å². The van der Waals surface area contributed by atoms with Gasteiger partial charge in [-0.05, 0) is 17.7 Å². The monoisotopic (exact) mass is 420 g/mol. The second-order valence-electron chi connectivity index (χ2n) is 7.89. The first kappa shape index (κ1) is 21.9. The van der Waals surface area contributed by atoms with E-state index in [0.717, 1.165) is 38.2 Å². The number of guanidine groups is 1. The molecule has 1 aromatic carbocycles. The molecule has 0 atom stereocenters. The maximum atomic E-state index is 13.1. The molecule has 0 bridgehead atoms. The van der Waals surface area contributed by atoms with Crippen LogP contribution in [0.3, 0.4) is 0 Å². The van der Waals surface area contributed by atoms with Crippen LogP contribution in [-0.4, -0.2) is 60.6 Å². The van der Waals surface area contributed by atoms with Crippen LogP contribution in [0.2, 0.25) is 0 Å². The van der Waals surface area contributed by atoms with Crippen molar-refractivity contribution in [1.82, 2.24) is 20.2 Å². The number of nitrogens with one attached hydrogen (secondary N) is 1. The van der Waals surface area contributed by atoms with E-state index in [0.29, 0.717) is 18.1 Å². The van der Waals surface area contributed by atoms with E-state index >= 15 is 0 Å². The summed E-state index contributed by atoms with van der Waals surface area (Å²) in [6, 6.07) is 7.31. The highest BCUT2D eigenvalue weighted by atomic mass is 19.4. The third-order valence-corrected chi connectivity index (χ3v) is 5.29. The lowest BCUT2D eigenvalue weighted by Crippen LogP contribution is -2.54. The smallest absolute Gasteiger partial charge is 0.355 e. The number of nitrogens with zero attached hydrogens (tertiary/aromatic N) is 5. The summed E-state index contributed by atoms with van der Waals surface area (Å²) < 4.78 is 39.2. The van der Waals surface area contributed by atoms with Crippen LogP contribution in [0.1, 0.15) is 25.0 Å². The molecular weight excluding hydrogens is 393 g/mol. The Morgan fingerprint density at radius 3 is 2.27 bits per heavy atom. The molecule has 1 aliphatic rings. The lowest BCUT2D eigenvalue weighted by atomic mass is 9.84. The van der Waals surface area contributed by atoms with Crippen LogP contribution in [0.25, 0.3) is 0 Å². The quantitative estimate of drug-likeness (QED) is 0.608. The third kappa shape index (κ3) is 5.20. The van der Waals surface area contributed by atoms with Crippen LogP contribution in [0.15, 0.2) is 47.7 Å². The summed E-state index contributed by atoms with van der Waals surface area (Å²) in [6.07, 6.45) is -0.895. The number of halogens is 3. The largest absolute Gasteiger partial charge is 0.416 e. The van der Waals surface area contributed by atoms with Crippen molar-refractivity contribution in [3.63, 3.8) is 0 Å². The Morgan fingerprint density at radius 2 is 1.67 bits per heavy atom. The molecule has 0 saturated carbocycles. The molecule has 0 radical (unpaired) electrons. The van der Waals surface area contributed by atoms with E-state index in [1.807, 2.05) is 13.8 Å². The van der Waals surface area contributed by atoms with Gasteiger partial charge in [-0.15, -0.1) is 0 Å². The summed E-state index contributed by atoms with van der Waals surface area (Å²) in [7, 11) is 1.71. The molecule has 1 aliphatic heterocycles. The SMILES string of the molecule is CN=C(NCC(C)(C)c1cccc(C(F)(F)F)c1)N1CCN(c2ncccn2)CC1. The van der Waals surface area contributed by atoms with Gasteiger partial charge in [0.25, 0.3) is 0 Å². The minimum Gasteiger partial charge on any atom is -0.355 e. The molecule has 1 fully saturated rings. The zero-order valence-corrected chi connectivity index (χ0v) is 17.4. The molecule has 162 valence electrons. The van der Waals surface area contributed by atoms with Gasteiger partial charge in [0.1, 0.15) is 0 Å². The number of hydrogen-bond donors (Lipinski definition) is 1. The molecular formula is C21H27F3N6. The standard InChI is InChI=1S/C21H27F3N6/c1-20(2,16-6-4-7-17(14-16)21(22,23)24)15-28-18(25-3)29-10-12-30(13-11-29)19-26-8-5-9-27-19/h4-9,14H,10-13,15H2,1-3H3,(H,25,28). The minimum atomic E-state index is -4.35. The topological polar surface area (TPSA) is 56.7 Å². The van der Waals surface area contributed by atoms with Crippen molar-refractivity contribution in [1.29, 1.82) is 0 Å². The van der Waals surface area contributed by atoms with Gasteiger partial charge in [0.2, 0.25) is 5.95 Å². The fourth-order valence-electron chi connectivity index (χ4n) is 3.42. The normalized spacial score (nSPS) is 16.0. The van der Waals surface area contributed by atoms with Crippen molar-refractivity contribution in [3.05, 3.63) is 53.9 Å². The van der Waals surface area contributed by atoms with Crippen LogP contribution in [0.5, 0.6) is 0 Å². The number of alkyl halides is 3. The summed E-state index contributed by atoms with van der Waals surface area (Å²) in [4.78, 5) is 17.2. The number of aliphatic imine (C=N–C) groups is 1. The van der Waals surface area contributed by atoms with Crippen LogP contribution in [0.4, 0.5) is 19.1 Å². The van der Waals surface area contributed by atoms with Gasteiger partial charge in [0.15, 0.2) is 5.96 Å². The van der Waals surface area contributed by atoms with Crippen molar-refractivity contribution < 1.29 is 13.2 Å². The molecule has 0 unspecified atom stereocenters. The molecule has 30 heavy (non-hydrogen) atoms. The predicted molar refractivity (Wildman–Crippen MR) is 112 cm³/mol. The van der Waals surface area contributed by atoms with Gasteiger partial charge in [-0.25, -0.2) is 9.97 Å². The number of anilines is 1. The number of benzene rings is 1. The third-order valence-electron chi connectivity index (χ3n) is 5.29. The second-order valence-corrected chi connectivity index (χ2v) is 7.89.